The first-order valence-electron chi connectivity index (χ1n) is 14.9. The summed E-state index contributed by atoms with van der Waals surface area (Å²) in [6.45, 7) is 2.36. The Kier molecular flexibility index (Phi) is 10.3. The molecule has 1 atom stereocenters. The van der Waals surface area contributed by atoms with Crippen molar-refractivity contribution in [2.45, 2.75) is 24.5 Å². The van der Waals surface area contributed by atoms with Crippen LogP contribution in [0, 0.1) is 3.57 Å². The van der Waals surface area contributed by atoms with E-state index >= 15 is 0 Å². The van der Waals surface area contributed by atoms with Crippen LogP contribution in [0.15, 0.2) is 117 Å². The maximum absolute atomic E-state index is 14.3. The van der Waals surface area contributed by atoms with Crippen molar-refractivity contribution in [2.24, 2.45) is 4.99 Å². The van der Waals surface area contributed by atoms with Gasteiger partial charge in [0, 0.05) is 10.5 Å². The highest BCUT2D eigenvalue weighted by Gasteiger charge is 2.35. The van der Waals surface area contributed by atoms with E-state index in [-0.39, 0.29) is 12.2 Å². The molecule has 10 heteroatoms. The Labute approximate surface area is 294 Å². The second kappa shape index (κ2) is 14.7. The number of fused-ring (bicyclic) bond motifs is 1. The van der Waals surface area contributed by atoms with Gasteiger partial charge in [-0.3, -0.25) is 9.36 Å². The van der Waals surface area contributed by atoms with E-state index in [4.69, 9.17) is 19.2 Å². The summed E-state index contributed by atoms with van der Waals surface area (Å²) in [6.07, 6.45) is 3.84. The Morgan fingerprint density at radius 1 is 1.02 bits per heavy atom. The zero-order chi connectivity index (χ0) is 32.9. The number of carbonyl (C=O) groups is 1. The molecule has 0 fully saturated rings. The van der Waals surface area contributed by atoms with Crippen LogP contribution in [0.2, 0.25) is 0 Å². The number of methoxy groups -OCH3 is 1. The van der Waals surface area contributed by atoms with Crippen molar-refractivity contribution in [1.82, 2.24) is 4.57 Å². The second-order valence-electron chi connectivity index (χ2n) is 10.5. The first-order chi connectivity index (χ1) is 22.9. The molecule has 0 saturated carbocycles. The van der Waals surface area contributed by atoms with E-state index in [0.717, 1.165) is 30.7 Å². The van der Waals surface area contributed by atoms with Crippen LogP contribution < -0.4 is 24.4 Å². The van der Waals surface area contributed by atoms with Crippen molar-refractivity contribution in [3.63, 3.8) is 0 Å². The highest BCUT2D eigenvalue weighted by Crippen LogP contribution is 2.37. The van der Waals surface area contributed by atoms with Gasteiger partial charge in [-0.05, 0) is 82.8 Å². The zero-order valence-corrected chi connectivity index (χ0v) is 29.7. The lowest BCUT2D eigenvalue weighted by Crippen LogP contribution is -2.40. The van der Waals surface area contributed by atoms with Gasteiger partial charge in [0.05, 0.1) is 39.1 Å². The Bertz CT molecular complexity index is 2130. The molecule has 1 aromatic heterocycles. The summed E-state index contributed by atoms with van der Waals surface area (Å²) in [6, 6.07) is 30.5. The topological polar surface area (TPSA) is 79.1 Å². The number of thioether (sulfide) groups is 1. The third kappa shape index (κ3) is 6.95. The van der Waals surface area contributed by atoms with Gasteiger partial charge in [-0.1, -0.05) is 84.1 Å². The largest absolute Gasteiger partial charge is 0.493 e. The van der Waals surface area contributed by atoms with Crippen molar-refractivity contribution in [1.29, 1.82) is 0 Å². The lowest BCUT2D eigenvalue weighted by molar-refractivity contribution is -0.138. The molecule has 0 N–H and O–H groups in total. The average molecular weight is 775 g/mol. The van der Waals surface area contributed by atoms with Crippen LogP contribution in [0.3, 0.4) is 0 Å². The van der Waals surface area contributed by atoms with E-state index in [1.165, 1.54) is 11.3 Å². The quantitative estimate of drug-likeness (QED) is 0.0879. The lowest BCUT2D eigenvalue weighted by Gasteiger charge is -2.26. The molecular formula is C37H31IN2O5S2. The van der Waals surface area contributed by atoms with E-state index in [9.17, 15) is 9.59 Å². The minimum Gasteiger partial charge on any atom is -0.493 e. The molecule has 7 nitrogen and oxygen atoms in total. The van der Waals surface area contributed by atoms with Gasteiger partial charge in [-0.2, -0.15) is 0 Å². The number of aromatic nitrogens is 1. The number of nitrogens with zero attached hydrogens (tertiary/aromatic N) is 2. The Balaban J connectivity index is 1.50. The van der Waals surface area contributed by atoms with Crippen LogP contribution in [0.1, 0.15) is 35.2 Å². The summed E-state index contributed by atoms with van der Waals surface area (Å²) < 4.78 is 20.4. The molecule has 4 aromatic carbocycles. The molecule has 0 saturated heterocycles. The van der Waals surface area contributed by atoms with E-state index in [0.29, 0.717) is 38.7 Å². The molecule has 0 aliphatic carbocycles. The molecular weight excluding hydrogens is 743 g/mol. The average Bonchev–Trinajstić information content (AvgIpc) is 3.41. The first-order valence-corrected chi connectivity index (χ1v) is 18.0. The number of thiazole rings is 1. The van der Waals surface area contributed by atoms with Crippen LogP contribution in [0.5, 0.6) is 11.5 Å². The zero-order valence-electron chi connectivity index (χ0n) is 25.9. The summed E-state index contributed by atoms with van der Waals surface area (Å²) in [7, 11) is 1.60. The van der Waals surface area contributed by atoms with Gasteiger partial charge in [0.2, 0.25) is 0 Å². The number of benzene rings is 4. The lowest BCUT2D eigenvalue weighted by atomic mass is 9.93. The first kappa shape index (κ1) is 32.8. The van der Waals surface area contributed by atoms with Crippen LogP contribution in [-0.2, 0) is 16.1 Å². The van der Waals surface area contributed by atoms with Crippen molar-refractivity contribution < 1.29 is 19.0 Å². The van der Waals surface area contributed by atoms with Gasteiger partial charge in [0.1, 0.15) is 6.61 Å². The van der Waals surface area contributed by atoms with Crippen molar-refractivity contribution in [2.75, 3.05) is 20.0 Å². The van der Waals surface area contributed by atoms with Gasteiger partial charge in [0.15, 0.2) is 16.3 Å². The van der Waals surface area contributed by atoms with Gasteiger partial charge in [-0.15, -0.1) is 11.8 Å². The Hall–Kier alpha value is -4.13. The molecule has 0 unspecified atom stereocenters. The molecule has 0 amide bonds. The van der Waals surface area contributed by atoms with Gasteiger partial charge < -0.3 is 14.2 Å². The maximum Gasteiger partial charge on any atom is 0.338 e. The molecule has 2 heterocycles. The van der Waals surface area contributed by atoms with Crippen molar-refractivity contribution in [3.05, 3.63) is 148 Å². The van der Waals surface area contributed by atoms with Crippen LogP contribution >= 0.6 is 45.7 Å². The highest BCUT2D eigenvalue weighted by atomic mass is 127. The van der Waals surface area contributed by atoms with Crippen molar-refractivity contribution in [3.8, 4) is 11.5 Å². The second-order valence-corrected chi connectivity index (χ2v) is 13.6. The molecule has 6 rings (SSSR count). The van der Waals surface area contributed by atoms with Crippen molar-refractivity contribution >= 4 is 63.4 Å². The number of hydrogen-bond donors (Lipinski definition) is 0. The Morgan fingerprint density at radius 3 is 2.38 bits per heavy atom. The SMILES string of the molecule is CCOC(=O)C1=C(c2ccccc2)N=c2s/c(=C\c3cc(I)c(OCc4ccccc4)c(OC)c3)c(=O)n2[C@@H]1c1ccc(SC)cc1. The number of rotatable bonds is 10. The predicted octanol–water partition coefficient (Wildman–Crippen LogP) is 6.85. The predicted molar refractivity (Wildman–Crippen MR) is 196 cm³/mol. The van der Waals surface area contributed by atoms with E-state index in [1.807, 2.05) is 109 Å². The fourth-order valence-corrected chi connectivity index (χ4v) is 7.58. The van der Waals surface area contributed by atoms with Crippen LogP contribution in [-0.4, -0.2) is 30.5 Å². The summed E-state index contributed by atoms with van der Waals surface area (Å²) in [5, 5.41) is 0. The fourth-order valence-electron chi connectivity index (χ4n) is 5.39. The van der Waals surface area contributed by atoms with Gasteiger partial charge in [-0.25, -0.2) is 9.79 Å². The summed E-state index contributed by atoms with van der Waals surface area (Å²) in [5.41, 5.74) is 3.95. The molecule has 47 heavy (non-hydrogen) atoms. The fraction of sp³-hybridized carbons (Fsp3) is 0.162. The van der Waals surface area contributed by atoms with E-state index in [1.54, 1.807) is 30.4 Å². The Morgan fingerprint density at radius 2 is 1.72 bits per heavy atom. The number of esters is 1. The minimum atomic E-state index is -0.734. The molecule has 0 radical (unpaired) electrons. The minimum absolute atomic E-state index is 0.193. The number of ether oxygens (including phenoxy) is 3. The molecule has 0 spiro atoms. The number of halogens is 1. The van der Waals surface area contributed by atoms with Crippen LogP contribution in [0.25, 0.3) is 11.8 Å². The monoisotopic (exact) mass is 774 g/mol. The standard InChI is InChI=1S/C37H31IN2O5S2/c1-4-44-36(42)31-32(25-13-9-6-10-14-25)39-37-40(33(31)26-15-17-27(46-3)18-16-26)35(41)30(47-37)21-24-19-28(38)34(29(20-24)43-2)45-22-23-11-7-5-8-12-23/h5-21,33H,4,22H2,1-3H3/b30-21-/t33-/m1/s1. The smallest absolute Gasteiger partial charge is 0.338 e. The van der Waals surface area contributed by atoms with Gasteiger partial charge >= 0.3 is 5.97 Å². The van der Waals surface area contributed by atoms with E-state index in [2.05, 4.69) is 22.6 Å². The summed E-state index contributed by atoms with van der Waals surface area (Å²) >= 11 is 5.13. The van der Waals surface area contributed by atoms with Gasteiger partial charge in [0.25, 0.3) is 5.56 Å². The molecule has 238 valence electrons. The molecule has 5 aromatic rings. The normalized spacial score (nSPS) is 14.4. The maximum atomic E-state index is 14.3. The number of carbonyl (C=O) groups excluding carboxylic acids is 1. The molecule has 1 aliphatic rings. The highest BCUT2D eigenvalue weighted by molar-refractivity contribution is 14.1. The van der Waals surface area contributed by atoms with Crippen LogP contribution in [0.4, 0.5) is 0 Å². The molecule has 0 bridgehead atoms. The third-order valence-corrected chi connectivity index (χ3v) is 10.1. The summed E-state index contributed by atoms with van der Waals surface area (Å²) in [5.74, 6) is 0.694. The van der Waals surface area contributed by atoms with E-state index < -0.39 is 12.0 Å². The molecule has 1 aliphatic heterocycles. The summed E-state index contributed by atoms with van der Waals surface area (Å²) in [4.78, 5) is 34.5. The number of hydrogen-bond acceptors (Lipinski definition) is 8. The third-order valence-electron chi connectivity index (χ3n) is 7.58.